The van der Waals surface area contributed by atoms with Crippen molar-refractivity contribution < 1.29 is 37.2 Å². The number of phosphoric ester groups is 1. The minimum absolute atomic E-state index is 0.224. The number of aromatic nitrogens is 3. The third kappa shape index (κ3) is 6.75. The Balaban J connectivity index is 2.06. The number of hydrogen-bond acceptors (Lipinski definition) is 7. The van der Waals surface area contributed by atoms with E-state index in [1.54, 1.807) is 25.3 Å². The van der Waals surface area contributed by atoms with Crippen LogP contribution in [0.1, 0.15) is 22.6 Å². The Morgan fingerprint density at radius 2 is 1.93 bits per heavy atom. The standard InChI is InChI=1S/C14H20N4O7P2/c1-10-12(5-7-24-27(22,23)25-26(19,20)21)4-3-6-18(10)9-13-8-16-11(2)17-14(13)15/h3-4,6,8H,5,7,9H2,1-2H3,(H4-,15,16,17,19,20,21,22,23)/p+1. The first kappa shape index (κ1) is 21.6. The van der Waals surface area contributed by atoms with Gasteiger partial charge in [0.05, 0.1) is 12.2 Å². The predicted molar refractivity (Wildman–Crippen MR) is 94.3 cm³/mol. The minimum atomic E-state index is -5.13. The zero-order valence-corrected chi connectivity index (χ0v) is 16.5. The summed E-state index contributed by atoms with van der Waals surface area (Å²) >= 11 is 0. The van der Waals surface area contributed by atoms with Gasteiger partial charge in [-0.25, -0.2) is 19.1 Å². The summed E-state index contributed by atoms with van der Waals surface area (Å²) in [5, 5.41) is 0. The van der Waals surface area contributed by atoms with Crippen LogP contribution in [-0.2, 0) is 30.9 Å². The zero-order valence-electron chi connectivity index (χ0n) is 14.7. The fourth-order valence-electron chi connectivity index (χ4n) is 2.36. The molecule has 0 fully saturated rings. The third-order valence-electron chi connectivity index (χ3n) is 3.65. The molecule has 2 aromatic rings. The number of pyridine rings is 1. The first-order chi connectivity index (χ1) is 12.5. The number of phosphoric acid groups is 2. The number of rotatable bonds is 8. The molecule has 0 aliphatic rings. The summed E-state index contributed by atoms with van der Waals surface area (Å²) in [6.07, 6.45) is 3.72. The fourth-order valence-corrected chi connectivity index (χ4v) is 3.95. The van der Waals surface area contributed by atoms with Gasteiger partial charge >= 0.3 is 15.6 Å². The van der Waals surface area contributed by atoms with E-state index < -0.39 is 15.6 Å². The van der Waals surface area contributed by atoms with Crippen molar-refractivity contribution in [1.82, 2.24) is 9.97 Å². The first-order valence-corrected chi connectivity index (χ1v) is 10.8. The lowest BCUT2D eigenvalue weighted by Gasteiger charge is -2.12. The van der Waals surface area contributed by atoms with Gasteiger partial charge in [0.2, 0.25) is 0 Å². The number of aryl methyl sites for hydroxylation is 1. The highest BCUT2D eigenvalue weighted by molar-refractivity contribution is 7.60. The molecule has 0 saturated carbocycles. The van der Waals surface area contributed by atoms with Gasteiger partial charge in [0.25, 0.3) is 0 Å². The second kappa shape index (κ2) is 8.53. The molecule has 2 aromatic heterocycles. The molecule has 0 radical (unpaired) electrons. The second-order valence-corrected chi connectivity index (χ2v) is 8.53. The van der Waals surface area contributed by atoms with E-state index in [9.17, 15) is 14.0 Å². The van der Waals surface area contributed by atoms with Crippen LogP contribution in [-0.4, -0.2) is 31.3 Å². The fraction of sp³-hybridized carbons (Fsp3) is 0.357. The van der Waals surface area contributed by atoms with Crippen molar-refractivity contribution in [1.29, 1.82) is 0 Å². The van der Waals surface area contributed by atoms with Crippen LogP contribution in [0.15, 0.2) is 24.5 Å². The molecule has 2 heterocycles. The van der Waals surface area contributed by atoms with E-state index in [-0.39, 0.29) is 13.0 Å². The molecule has 27 heavy (non-hydrogen) atoms. The van der Waals surface area contributed by atoms with Crippen molar-refractivity contribution in [2.45, 2.75) is 26.8 Å². The molecule has 0 aromatic carbocycles. The van der Waals surface area contributed by atoms with E-state index in [0.29, 0.717) is 18.2 Å². The van der Waals surface area contributed by atoms with Crippen molar-refractivity contribution in [2.75, 3.05) is 12.3 Å². The Bertz CT molecular complexity index is 918. The molecular formula is C14H21N4O7P2+. The zero-order chi connectivity index (χ0) is 20.2. The number of nitrogens with two attached hydrogens (primary N) is 1. The quantitative estimate of drug-likeness (QED) is 0.354. The Labute approximate surface area is 155 Å². The third-order valence-corrected chi connectivity index (χ3v) is 5.84. The highest BCUT2D eigenvalue weighted by Crippen LogP contribution is 2.57. The molecule has 0 bridgehead atoms. The van der Waals surface area contributed by atoms with Crippen LogP contribution in [0.2, 0.25) is 0 Å². The molecule has 0 spiro atoms. The van der Waals surface area contributed by atoms with Gasteiger partial charge in [-0.15, -0.1) is 0 Å². The SMILES string of the molecule is Cc1ncc(C[n+]2cccc(CCOP(=O)(O)OP(=O)(O)O)c2C)c(N)n1. The molecule has 1 unspecified atom stereocenters. The second-order valence-electron chi connectivity index (χ2n) is 5.70. The maximum atomic E-state index is 11.5. The molecule has 0 aliphatic carbocycles. The van der Waals surface area contributed by atoms with Crippen LogP contribution in [0.25, 0.3) is 0 Å². The number of hydrogen-bond donors (Lipinski definition) is 4. The Morgan fingerprint density at radius 1 is 1.22 bits per heavy atom. The summed E-state index contributed by atoms with van der Waals surface area (Å²) in [5.74, 6) is 0.966. The number of nitrogen functional groups attached to an aromatic ring is 1. The van der Waals surface area contributed by atoms with Gasteiger partial charge in [0, 0.05) is 31.2 Å². The van der Waals surface area contributed by atoms with Crippen molar-refractivity contribution in [3.63, 3.8) is 0 Å². The Morgan fingerprint density at radius 3 is 2.56 bits per heavy atom. The summed E-state index contributed by atoms with van der Waals surface area (Å²) in [7, 11) is -9.98. The van der Waals surface area contributed by atoms with Gasteiger partial charge in [-0.05, 0) is 13.0 Å². The highest BCUT2D eigenvalue weighted by atomic mass is 31.3. The van der Waals surface area contributed by atoms with Crippen LogP contribution in [0.3, 0.4) is 0 Å². The summed E-state index contributed by atoms with van der Waals surface area (Å²) in [6.45, 7) is 3.77. The summed E-state index contributed by atoms with van der Waals surface area (Å²) < 4.78 is 32.4. The summed E-state index contributed by atoms with van der Waals surface area (Å²) in [4.78, 5) is 34.7. The van der Waals surface area contributed by atoms with E-state index in [1.165, 1.54) is 0 Å². The topological polar surface area (TPSA) is 169 Å². The summed E-state index contributed by atoms with van der Waals surface area (Å²) in [6, 6.07) is 3.59. The lowest BCUT2D eigenvalue weighted by molar-refractivity contribution is -0.694. The van der Waals surface area contributed by atoms with E-state index in [1.807, 2.05) is 17.7 Å². The van der Waals surface area contributed by atoms with Crippen molar-refractivity contribution in [2.24, 2.45) is 0 Å². The largest absolute Gasteiger partial charge is 0.481 e. The van der Waals surface area contributed by atoms with E-state index in [4.69, 9.17) is 15.5 Å². The average molecular weight is 419 g/mol. The normalized spacial score (nSPS) is 14.1. The lowest BCUT2D eigenvalue weighted by atomic mass is 10.1. The van der Waals surface area contributed by atoms with Gasteiger partial charge in [-0.1, -0.05) is 0 Å². The monoisotopic (exact) mass is 419 g/mol. The van der Waals surface area contributed by atoms with Crippen LogP contribution < -0.4 is 10.3 Å². The van der Waals surface area contributed by atoms with Crippen LogP contribution in [0.5, 0.6) is 0 Å². The predicted octanol–water partition coefficient (Wildman–Crippen LogP) is 0.780. The van der Waals surface area contributed by atoms with E-state index in [0.717, 1.165) is 16.8 Å². The van der Waals surface area contributed by atoms with E-state index >= 15 is 0 Å². The van der Waals surface area contributed by atoms with Crippen molar-refractivity contribution >= 4 is 21.5 Å². The molecule has 0 amide bonds. The van der Waals surface area contributed by atoms with Crippen LogP contribution >= 0.6 is 15.6 Å². The van der Waals surface area contributed by atoms with Gasteiger partial charge < -0.3 is 20.4 Å². The van der Waals surface area contributed by atoms with Crippen molar-refractivity contribution in [3.05, 3.63) is 47.2 Å². The molecular weight excluding hydrogens is 398 g/mol. The molecule has 2 rings (SSSR count). The van der Waals surface area contributed by atoms with Gasteiger partial charge in [0.1, 0.15) is 11.6 Å². The Kier molecular flexibility index (Phi) is 6.82. The molecule has 11 nitrogen and oxygen atoms in total. The maximum absolute atomic E-state index is 11.5. The Hall–Kier alpha value is -1.71. The summed E-state index contributed by atoms with van der Waals surface area (Å²) in [5.41, 5.74) is 8.32. The molecule has 148 valence electrons. The first-order valence-electron chi connectivity index (χ1n) is 7.77. The smallest absolute Gasteiger partial charge is 0.383 e. The van der Waals surface area contributed by atoms with Crippen LogP contribution in [0.4, 0.5) is 5.82 Å². The van der Waals surface area contributed by atoms with Gasteiger partial charge in [-0.2, -0.15) is 8.88 Å². The number of anilines is 1. The highest BCUT2D eigenvalue weighted by Gasteiger charge is 2.32. The average Bonchev–Trinajstić information content (AvgIpc) is 2.50. The van der Waals surface area contributed by atoms with Crippen molar-refractivity contribution in [3.8, 4) is 0 Å². The molecule has 5 N–H and O–H groups in total. The number of nitrogens with zero attached hydrogens (tertiary/aromatic N) is 3. The molecule has 1 atom stereocenters. The molecule has 0 saturated heterocycles. The van der Waals surface area contributed by atoms with Crippen LogP contribution in [0, 0.1) is 13.8 Å². The minimum Gasteiger partial charge on any atom is -0.383 e. The molecule has 0 aliphatic heterocycles. The lowest BCUT2D eigenvalue weighted by Crippen LogP contribution is -2.38. The van der Waals surface area contributed by atoms with Gasteiger partial charge in [0.15, 0.2) is 18.4 Å². The van der Waals surface area contributed by atoms with E-state index in [2.05, 4.69) is 18.8 Å². The van der Waals surface area contributed by atoms with Gasteiger partial charge in [-0.3, -0.25) is 4.52 Å². The molecule has 13 heteroatoms. The maximum Gasteiger partial charge on any atom is 0.481 e.